The number of aliphatic hydroxyl groups excluding tert-OH is 1. The fourth-order valence-electron chi connectivity index (χ4n) is 2.62. The Hall–Kier alpha value is -2.09. The molecule has 0 fully saturated rings. The predicted octanol–water partition coefficient (Wildman–Crippen LogP) is 2.53. The number of halogens is 1. The highest BCUT2D eigenvalue weighted by atomic mass is 35.5. The van der Waals surface area contributed by atoms with E-state index in [1.165, 1.54) is 6.07 Å². The molecule has 0 aliphatic heterocycles. The van der Waals surface area contributed by atoms with E-state index in [0.717, 1.165) is 11.8 Å². The number of benzene rings is 2. The molecular weight excluding hydrogens is 388 g/mol. The summed E-state index contributed by atoms with van der Waals surface area (Å²) in [6, 6.07) is 13.9. The van der Waals surface area contributed by atoms with Crippen molar-refractivity contribution in [2.45, 2.75) is 25.3 Å². The second kappa shape index (κ2) is 9.21. The molecular formula is C19H23ClN2O4S. The highest BCUT2D eigenvalue weighted by Gasteiger charge is 2.20. The van der Waals surface area contributed by atoms with Crippen molar-refractivity contribution in [1.29, 1.82) is 0 Å². The lowest BCUT2D eigenvalue weighted by Gasteiger charge is -2.20. The van der Waals surface area contributed by atoms with E-state index >= 15 is 0 Å². The molecule has 0 saturated carbocycles. The monoisotopic (exact) mass is 410 g/mol. The second-order valence-corrected chi connectivity index (χ2v) is 8.57. The van der Waals surface area contributed by atoms with Crippen molar-refractivity contribution < 1.29 is 18.3 Å². The van der Waals surface area contributed by atoms with Gasteiger partial charge in [-0.1, -0.05) is 48.0 Å². The quantitative estimate of drug-likeness (QED) is 0.623. The Morgan fingerprint density at radius 2 is 1.85 bits per heavy atom. The van der Waals surface area contributed by atoms with Crippen molar-refractivity contribution in [3.05, 3.63) is 64.7 Å². The van der Waals surface area contributed by atoms with Crippen LogP contribution in [0.2, 0.25) is 5.02 Å². The number of hydrogen-bond donors (Lipinski definition) is 3. The van der Waals surface area contributed by atoms with Gasteiger partial charge < -0.3 is 10.4 Å². The summed E-state index contributed by atoms with van der Waals surface area (Å²) in [5.41, 5.74) is 1.92. The molecule has 146 valence electrons. The Morgan fingerprint density at radius 3 is 2.41 bits per heavy atom. The highest BCUT2D eigenvalue weighted by molar-refractivity contribution is 7.92. The lowest BCUT2D eigenvalue weighted by Crippen LogP contribution is -2.41. The number of aliphatic hydroxyl groups is 1. The van der Waals surface area contributed by atoms with E-state index in [1.54, 1.807) is 19.1 Å². The summed E-state index contributed by atoms with van der Waals surface area (Å²) in [6.07, 6.45) is 1.56. The molecule has 0 saturated heterocycles. The molecule has 0 aliphatic rings. The summed E-state index contributed by atoms with van der Waals surface area (Å²) >= 11 is 6.13. The standard InChI is InChI=1S/C19H23ClN2O4S/c1-13(15-8-9-18(17(20)11-15)22-27(2,25)26)19(24)21-16(12-23)10-14-6-4-3-5-7-14/h3-9,11,13,16,22-23H,10,12H2,1-2H3,(H,21,24)/t13-,16+/m1/s1. The number of carbonyl (C=O) groups excluding carboxylic acids is 1. The number of nitrogens with one attached hydrogen (secondary N) is 2. The van der Waals surface area contributed by atoms with Gasteiger partial charge in [0.2, 0.25) is 15.9 Å². The van der Waals surface area contributed by atoms with E-state index in [9.17, 15) is 18.3 Å². The van der Waals surface area contributed by atoms with Gasteiger partial charge in [0.05, 0.1) is 35.5 Å². The number of sulfonamides is 1. The van der Waals surface area contributed by atoms with Crippen LogP contribution < -0.4 is 10.0 Å². The Balaban J connectivity index is 2.06. The number of carbonyl (C=O) groups is 1. The first kappa shape index (κ1) is 21.2. The van der Waals surface area contributed by atoms with Crippen LogP contribution >= 0.6 is 11.6 Å². The first-order chi connectivity index (χ1) is 12.7. The summed E-state index contributed by atoms with van der Waals surface area (Å²) in [7, 11) is -3.44. The fraction of sp³-hybridized carbons (Fsp3) is 0.316. The normalized spacial score (nSPS) is 13.6. The zero-order valence-electron chi connectivity index (χ0n) is 15.1. The minimum atomic E-state index is -3.44. The largest absolute Gasteiger partial charge is 0.394 e. The summed E-state index contributed by atoms with van der Waals surface area (Å²) in [6.45, 7) is 1.55. The molecule has 0 aromatic heterocycles. The maximum absolute atomic E-state index is 12.6. The molecule has 1 amide bonds. The summed E-state index contributed by atoms with van der Waals surface area (Å²) < 4.78 is 25.0. The Kier molecular flexibility index (Phi) is 7.24. The third-order valence-electron chi connectivity index (χ3n) is 4.07. The van der Waals surface area contributed by atoms with Gasteiger partial charge >= 0.3 is 0 Å². The van der Waals surface area contributed by atoms with Crippen molar-refractivity contribution in [3.8, 4) is 0 Å². The maximum Gasteiger partial charge on any atom is 0.229 e. The van der Waals surface area contributed by atoms with Gasteiger partial charge in [0, 0.05) is 0 Å². The molecule has 8 heteroatoms. The van der Waals surface area contributed by atoms with Crippen LogP contribution in [0.4, 0.5) is 5.69 Å². The molecule has 0 radical (unpaired) electrons. The molecule has 2 aromatic rings. The van der Waals surface area contributed by atoms with Gasteiger partial charge in [0.25, 0.3) is 0 Å². The summed E-state index contributed by atoms with van der Waals surface area (Å²) in [4.78, 5) is 12.6. The SMILES string of the molecule is C[C@@H](C(=O)N[C@H](CO)Cc1ccccc1)c1ccc(NS(C)(=O)=O)c(Cl)c1. The van der Waals surface area contributed by atoms with Gasteiger partial charge in [0.15, 0.2) is 0 Å². The fourth-order valence-corrected chi connectivity index (χ4v) is 3.49. The van der Waals surface area contributed by atoms with Crippen LogP contribution in [0.3, 0.4) is 0 Å². The van der Waals surface area contributed by atoms with Crippen molar-refractivity contribution in [2.75, 3.05) is 17.6 Å². The minimum Gasteiger partial charge on any atom is -0.394 e. The molecule has 2 atom stereocenters. The highest BCUT2D eigenvalue weighted by Crippen LogP contribution is 2.27. The first-order valence-electron chi connectivity index (χ1n) is 8.42. The van der Waals surface area contributed by atoms with Crippen LogP contribution in [0.15, 0.2) is 48.5 Å². The summed E-state index contributed by atoms with van der Waals surface area (Å²) in [5.74, 6) is -0.760. The van der Waals surface area contributed by atoms with E-state index < -0.39 is 22.0 Å². The van der Waals surface area contributed by atoms with Crippen molar-refractivity contribution in [1.82, 2.24) is 5.32 Å². The molecule has 6 nitrogen and oxygen atoms in total. The topological polar surface area (TPSA) is 95.5 Å². The van der Waals surface area contributed by atoms with Gasteiger partial charge in [-0.05, 0) is 36.6 Å². The molecule has 2 rings (SSSR count). The van der Waals surface area contributed by atoms with Crippen LogP contribution in [0, 0.1) is 0 Å². The number of rotatable bonds is 8. The maximum atomic E-state index is 12.6. The third kappa shape index (κ3) is 6.53. The molecule has 0 spiro atoms. The zero-order valence-corrected chi connectivity index (χ0v) is 16.7. The van der Waals surface area contributed by atoms with E-state index in [0.29, 0.717) is 12.0 Å². The molecule has 0 heterocycles. The average Bonchev–Trinajstić information content (AvgIpc) is 2.62. The predicted molar refractivity (Wildman–Crippen MR) is 107 cm³/mol. The van der Waals surface area contributed by atoms with Gasteiger partial charge in [0.1, 0.15) is 0 Å². The summed E-state index contributed by atoms with van der Waals surface area (Å²) in [5, 5.41) is 12.6. The smallest absolute Gasteiger partial charge is 0.229 e. The molecule has 27 heavy (non-hydrogen) atoms. The number of hydrogen-bond acceptors (Lipinski definition) is 4. The van der Waals surface area contributed by atoms with Crippen LogP contribution in [-0.2, 0) is 21.2 Å². The van der Waals surface area contributed by atoms with Crippen LogP contribution in [0.1, 0.15) is 24.0 Å². The van der Waals surface area contributed by atoms with Crippen molar-refractivity contribution in [2.24, 2.45) is 0 Å². The molecule has 0 bridgehead atoms. The zero-order chi connectivity index (χ0) is 20.0. The average molecular weight is 411 g/mol. The molecule has 2 aromatic carbocycles. The van der Waals surface area contributed by atoms with Gasteiger partial charge in [-0.15, -0.1) is 0 Å². The molecule has 3 N–H and O–H groups in total. The number of amides is 1. The Morgan fingerprint density at radius 1 is 1.19 bits per heavy atom. The molecule has 0 aliphatic carbocycles. The number of anilines is 1. The Labute approximate surface area is 164 Å². The van der Waals surface area contributed by atoms with E-state index in [-0.39, 0.29) is 23.2 Å². The van der Waals surface area contributed by atoms with E-state index in [4.69, 9.17) is 11.6 Å². The third-order valence-corrected chi connectivity index (χ3v) is 4.98. The van der Waals surface area contributed by atoms with Crippen LogP contribution in [-0.4, -0.2) is 38.3 Å². The van der Waals surface area contributed by atoms with Gasteiger partial charge in [-0.2, -0.15) is 0 Å². The van der Waals surface area contributed by atoms with Gasteiger partial charge in [-0.3, -0.25) is 9.52 Å². The second-order valence-electron chi connectivity index (χ2n) is 6.41. The minimum absolute atomic E-state index is 0.175. The van der Waals surface area contributed by atoms with Crippen LogP contribution in [0.25, 0.3) is 0 Å². The van der Waals surface area contributed by atoms with Crippen molar-refractivity contribution in [3.63, 3.8) is 0 Å². The van der Waals surface area contributed by atoms with Gasteiger partial charge in [-0.25, -0.2) is 8.42 Å². The lowest BCUT2D eigenvalue weighted by molar-refractivity contribution is -0.123. The lowest BCUT2D eigenvalue weighted by atomic mass is 9.99. The first-order valence-corrected chi connectivity index (χ1v) is 10.7. The molecule has 0 unspecified atom stereocenters. The Bertz CT molecular complexity index is 888. The van der Waals surface area contributed by atoms with E-state index in [2.05, 4.69) is 10.0 Å². The van der Waals surface area contributed by atoms with E-state index in [1.807, 2.05) is 30.3 Å². The van der Waals surface area contributed by atoms with Crippen molar-refractivity contribution >= 4 is 33.2 Å². The van der Waals surface area contributed by atoms with Crippen LogP contribution in [0.5, 0.6) is 0 Å².